The molecule has 1 aliphatic heterocycles. The third kappa shape index (κ3) is 1.80. The molecule has 1 aromatic heterocycles. The molecule has 2 rings (SSSR count). The Labute approximate surface area is 83.3 Å². The van der Waals surface area contributed by atoms with Crippen LogP contribution in [-0.2, 0) is 11.3 Å². The SMILES string of the molecule is CCCn1ccc(C2NCC(=O)N2)c1. The summed E-state index contributed by atoms with van der Waals surface area (Å²) in [4.78, 5) is 11.0. The van der Waals surface area contributed by atoms with Gasteiger partial charge in [0.05, 0.1) is 6.54 Å². The maximum Gasteiger partial charge on any atom is 0.235 e. The maximum absolute atomic E-state index is 11.0. The highest BCUT2D eigenvalue weighted by molar-refractivity contribution is 5.80. The number of rotatable bonds is 3. The number of aromatic nitrogens is 1. The van der Waals surface area contributed by atoms with Crippen LogP contribution in [0.25, 0.3) is 0 Å². The van der Waals surface area contributed by atoms with E-state index in [1.54, 1.807) is 0 Å². The van der Waals surface area contributed by atoms with E-state index in [0.29, 0.717) is 6.54 Å². The molecule has 0 radical (unpaired) electrons. The van der Waals surface area contributed by atoms with Gasteiger partial charge in [-0.05, 0) is 12.5 Å². The summed E-state index contributed by atoms with van der Waals surface area (Å²) in [5.41, 5.74) is 1.13. The van der Waals surface area contributed by atoms with Gasteiger partial charge in [0.25, 0.3) is 0 Å². The lowest BCUT2D eigenvalue weighted by Gasteiger charge is -2.07. The molecule has 1 aromatic rings. The Morgan fingerprint density at radius 2 is 2.50 bits per heavy atom. The van der Waals surface area contributed by atoms with E-state index in [9.17, 15) is 4.79 Å². The Bertz CT molecular complexity index is 332. The Balaban J connectivity index is 2.05. The van der Waals surface area contributed by atoms with Crippen molar-refractivity contribution in [1.82, 2.24) is 15.2 Å². The van der Waals surface area contributed by atoms with E-state index >= 15 is 0 Å². The van der Waals surface area contributed by atoms with Crippen LogP contribution >= 0.6 is 0 Å². The van der Waals surface area contributed by atoms with Crippen LogP contribution in [0, 0.1) is 0 Å². The maximum atomic E-state index is 11.0. The molecule has 1 unspecified atom stereocenters. The van der Waals surface area contributed by atoms with Gasteiger partial charge in [-0.25, -0.2) is 0 Å². The van der Waals surface area contributed by atoms with E-state index in [0.717, 1.165) is 18.5 Å². The first-order valence-electron chi connectivity index (χ1n) is 4.98. The number of amides is 1. The molecule has 1 atom stereocenters. The molecule has 4 nitrogen and oxygen atoms in total. The molecule has 2 N–H and O–H groups in total. The van der Waals surface area contributed by atoms with Crippen LogP contribution in [0.15, 0.2) is 18.5 Å². The van der Waals surface area contributed by atoms with Crippen molar-refractivity contribution < 1.29 is 4.79 Å². The molecule has 4 heteroatoms. The van der Waals surface area contributed by atoms with E-state index < -0.39 is 0 Å². The Kier molecular flexibility index (Phi) is 2.54. The summed E-state index contributed by atoms with van der Waals surface area (Å²) in [6, 6.07) is 2.04. The van der Waals surface area contributed by atoms with E-state index in [1.165, 1.54) is 0 Å². The summed E-state index contributed by atoms with van der Waals surface area (Å²) in [7, 11) is 0. The molecule has 76 valence electrons. The van der Waals surface area contributed by atoms with Crippen molar-refractivity contribution in [3.8, 4) is 0 Å². The van der Waals surface area contributed by atoms with Crippen LogP contribution in [0.4, 0.5) is 0 Å². The third-order valence-electron chi connectivity index (χ3n) is 2.36. The second-order valence-electron chi connectivity index (χ2n) is 3.56. The van der Waals surface area contributed by atoms with Crippen LogP contribution in [0.3, 0.4) is 0 Å². The third-order valence-corrected chi connectivity index (χ3v) is 2.36. The van der Waals surface area contributed by atoms with Gasteiger partial charge in [-0.2, -0.15) is 0 Å². The van der Waals surface area contributed by atoms with Crippen molar-refractivity contribution in [2.75, 3.05) is 6.54 Å². The minimum absolute atomic E-state index is 0.000561. The molecule has 0 aliphatic carbocycles. The molecule has 14 heavy (non-hydrogen) atoms. The summed E-state index contributed by atoms with van der Waals surface area (Å²) >= 11 is 0. The first kappa shape index (κ1) is 9.27. The summed E-state index contributed by atoms with van der Waals surface area (Å²) in [6.45, 7) is 3.60. The first-order chi connectivity index (χ1) is 6.79. The minimum Gasteiger partial charge on any atom is -0.354 e. The van der Waals surface area contributed by atoms with Gasteiger partial charge >= 0.3 is 0 Å². The van der Waals surface area contributed by atoms with Crippen LogP contribution in [0.2, 0.25) is 0 Å². The van der Waals surface area contributed by atoms with Gasteiger partial charge in [0.2, 0.25) is 5.91 Å². The summed E-state index contributed by atoms with van der Waals surface area (Å²) in [5.74, 6) is 0.0678. The lowest BCUT2D eigenvalue weighted by molar-refractivity contribution is -0.118. The lowest BCUT2D eigenvalue weighted by Crippen LogP contribution is -2.22. The zero-order valence-corrected chi connectivity index (χ0v) is 8.29. The Morgan fingerprint density at radius 3 is 3.14 bits per heavy atom. The molecular formula is C10H15N3O. The molecule has 0 aromatic carbocycles. The van der Waals surface area contributed by atoms with Crippen LogP contribution < -0.4 is 10.6 Å². The highest BCUT2D eigenvalue weighted by atomic mass is 16.2. The predicted octanol–water partition coefficient (Wildman–Crippen LogP) is 0.616. The Morgan fingerprint density at radius 1 is 1.64 bits per heavy atom. The number of carbonyl (C=O) groups is 1. The summed E-state index contributed by atoms with van der Waals surface area (Å²) in [5, 5.41) is 5.97. The van der Waals surface area contributed by atoms with E-state index in [1.807, 2.05) is 12.3 Å². The van der Waals surface area contributed by atoms with Gasteiger partial charge in [0.15, 0.2) is 0 Å². The zero-order chi connectivity index (χ0) is 9.97. The van der Waals surface area contributed by atoms with E-state index in [4.69, 9.17) is 0 Å². The molecule has 0 saturated carbocycles. The number of hydrogen-bond acceptors (Lipinski definition) is 2. The second kappa shape index (κ2) is 3.84. The van der Waals surface area contributed by atoms with Gasteiger partial charge in [-0.1, -0.05) is 6.92 Å². The van der Waals surface area contributed by atoms with Crippen molar-refractivity contribution in [1.29, 1.82) is 0 Å². The molecule has 2 heterocycles. The highest BCUT2D eigenvalue weighted by Crippen LogP contribution is 2.13. The highest BCUT2D eigenvalue weighted by Gasteiger charge is 2.21. The molecule has 1 amide bonds. The molecular weight excluding hydrogens is 178 g/mol. The number of carbonyl (C=O) groups excluding carboxylic acids is 1. The van der Waals surface area contributed by atoms with Crippen LogP contribution in [0.1, 0.15) is 25.1 Å². The normalized spacial score (nSPS) is 21.2. The van der Waals surface area contributed by atoms with Gasteiger partial charge < -0.3 is 9.88 Å². The largest absolute Gasteiger partial charge is 0.354 e. The van der Waals surface area contributed by atoms with Gasteiger partial charge in [-0.3, -0.25) is 10.1 Å². The van der Waals surface area contributed by atoms with Crippen LogP contribution in [-0.4, -0.2) is 17.0 Å². The molecule has 1 fully saturated rings. The smallest absolute Gasteiger partial charge is 0.235 e. The summed E-state index contributed by atoms with van der Waals surface area (Å²) < 4.78 is 2.14. The second-order valence-corrected chi connectivity index (χ2v) is 3.56. The quantitative estimate of drug-likeness (QED) is 0.739. The number of nitrogens with zero attached hydrogens (tertiary/aromatic N) is 1. The topological polar surface area (TPSA) is 46.1 Å². The fraction of sp³-hybridized carbons (Fsp3) is 0.500. The monoisotopic (exact) mass is 193 g/mol. The van der Waals surface area contributed by atoms with Gasteiger partial charge in [0, 0.05) is 24.5 Å². The average molecular weight is 193 g/mol. The van der Waals surface area contributed by atoms with Crippen molar-refractivity contribution in [3.63, 3.8) is 0 Å². The minimum atomic E-state index is 0.000561. The molecule has 1 saturated heterocycles. The fourth-order valence-corrected chi connectivity index (χ4v) is 1.69. The molecule has 1 aliphatic rings. The molecule has 0 spiro atoms. The van der Waals surface area contributed by atoms with Crippen LogP contribution in [0.5, 0.6) is 0 Å². The predicted molar refractivity (Wildman–Crippen MR) is 53.6 cm³/mol. The number of hydrogen-bond donors (Lipinski definition) is 2. The van der Waals surface area contributed by atoms with Crippen molar-refractivity contribution in [3.05, 3.63) is 24.0 Å². The van der Waals surface area contributed by atoms with E-state index in [2.05, 4.69) is 28.3 Å². The van der Waals surface area contributed by atoms with Gasteiger partial charge in [-0.15, -0.1) is 0 Å². The Hall–Kier alpha value is -1.29. The van der Waals surface area contributed by atoms with Crippen molar-refractivity contribution >= 4 is 5.91 Å². The number of aryl methyl sites for hydroxylation is 1. The van der Waals surface area contributed by atoms with Crippen molar-refractivity contribution in [2.24, 2.45) is 0 Å². The van der Waals surface area contributed by atoms with Gasteiger partial charge in [0.1, 0.15) is 6.17 Å². The first-order valence-corrected chi connectivity index (χ1v) is 4.98. The fourth-order valence-electron chi connectivity index (χ4n) is 1.69. The van der Waals surface area contributed by atoms with E-state index in [-0.39, 0.29) is 12.1 Å². The lowest BCUT2D eigenvalue weighted by atomic mass is 10.3. The summed E-state index contributed by atoms with van der Waals surface area (Å²) in [6.07, 6.45) is 5.25. The standard InChI is InChI=1S/C10H15N3O/c1-2-4-13-5-3-8(7-13)10-11-6-9(14)12-10/h3,5,7,10-11H,2,4,6H2,1H3,(H,12,14). The average Bonchev–Trinajstić information content (AvgIpc) is 2.74. The zero-order valence-electron chi connectivity index (χ0n) is 8.29. The van der Waals surface area contributed by atoms with Crippen molar-refractivity contribution in [2.45, 2.75) is 26.1 Å². The number of nitrogens with one attached hydrogen (secondary N) is 2. The molecule has 0 bridgehead atoms.